The molecule has 1 rings (SSSR count). The lowest BCUT2D eigenvalue weighted by Gasteiger charge is -2.22. The van der Waals surface area contributed by atoms with Crippen molar-refractivity contribution in [3.8, 4) is 0 Å². The Labute approximate surface area is 131 Å². The highest BCUT2D eigenvalue weighted by Gasteiger charge is 2.25. The van der Waals surface area contributed by atoms with Gasteiger partial charge in [-0.3, -0.25) is 9.59 Å². The minimum absolute atomic E-state index is 0.0373. The molecule has 0 spiro atoms. The molecule has 6 heteroatoms. The smallest absolute Gasteiger partial charge is 0.242 e. The summed E-state index contributed by atoms with van der Waals surface area (Å²) in [7, 11) is 0. The molecule has 3 N–H and O–H groups in total. The molecular formula is C16H26N2O4. The van der Waals surface area contributed by atoms with E-state index >= 15 is 0 Å². The number of rotatable bonds is 8. The zero-order valence-electron chi connectivity index (χ0n) is 13.6. The summed E-state index contributed by atoms with van der Waals surface area (Å²) in [5, 5.41) is 15.3. The van der Waals surface area contributed by atoms with Gasteiger partial charge in [-0.1, -0.05) is 27.7 Å². The van der Waals surface area contributed by atoms with E-state index in [2.05, 4.69) is 10.6 Å². The van der Waals surface area contributed by atoms with E-state index in [9.17, 15) is 14.7 Å². The Bertz CT molecular complexity index is 469. The van der Waals surface area contributed by atoms with Gasteiger partial charge in [0.15, 0.2) is 0 Å². The van der Waals surface area contributed by atoms with Gasteiger partial charge in [-0.15, -0.1) is 0 Å². The van der Waals surface area contributed by atoms with Gasteiger partial charge in [-0.2, -0.15) is 0 Å². The Morgan fingerprint density at radius 2 is 1.95 bits per heavy atom. The van der Waals surface area contributed by atoms with Crippen LogP contribution in [0.2, 0.25) is 0 Å². The lowest BCUT2D eigenvalue weighted by atomic mass is 10.0. The molecule has 0 aliphatic carbocycles. The molecule has 2 atom stereocenters. The molecule has 1 aromatic rings. The van der Waals surface area contributed by atoms with Gasteiger partial charge in [0.05, 0.1) is 12.8 Å². The van der Waals surface area contributed by atoms with Gasteiger partial charge in [-0.05, 0) is 24.0 Å². The number of amides is 2. The van der Waals surface area contributed by atoms with Crippen molar-refractivity contribution in [2.45, 2.75) is 46.3 Å². The van der Waals surface area contributed by atoms with Crippen molar-refractivity contribution in [1.82, 2.24) is 10.6 Å². The van der Waals surface area contributed by atoms with Crippen LogP contribution in [0.25, 0.3) is 0 Å². The third kappa shape index (κ3) is 5.89. The third-order valence-corrected chi connectivity index (χ3v) is 3.20. The van der Waals surface area contributed by atoms with Crippen LogP contribution in [0.3, 0.4) is 0 Å². The number of hydrogen-bond acceptors (Lipinski definition) is 4. The van der Waals surface area contributed by atoms with Crippen LogP contribution in [-0.4, -0.2) is 29.5 Å². The zero-order chi connectivity index (χ0) is 16.7. The second kappa shape index (κ2) is 8.58. The van der Waals surface area contributed by atoms with Gasteiger partial charge in [0, 0.05) is 6.42 Å². The maximum Gasteiger partial charge on any atom is 0.242 e. The Morgan fingerprint density at radius 3 is 2.45 bits per heavy atom. The van der Waals surface area contributed by atoms with Gasteiger partial charge in [0.25, 0.3) is 0 Å². The first-order chi connectivity index (χ1) is 10.3. The monoisotopic (exact) mass is 310 g/mol. The van der Waals surface area contributed by atoms with Crippen LogP contribution in [0.5, 0.6) is 0 Å². The SMILES string of the molecule is CC(C)CC(=O)NC(C(=O)NCC(O)c1ccco1)C(C)C. The number of furan rings is 1. The quantitative estimate of drug-likeness (QED) is 0.680. The molecule has 2 unspecified atom stereocenters. The van der Waals surface area contributed by atoms with Crippen LogP contribution in [0.4, 0.5) is 0 Å². The second-order valence-corrected chi connectivity index (χ2v) is 6.16. The van der Waals surface area contributed by atoms with Gasteiger partial charge >= 0.3 is 0 Å². The summed E-state index contributed by atoms with van der Waals surface area (Å²) in [6, 6.07) is 2.69. The van der Waals surface area contributed by atoms with E-state index in [1.807, 2.05) is 27.7 Å². The van der Waals surface area contributed by atoms with Gasteiger partial charge in [-0.25, -0.2) is 0 Å². The molecule has 0 radical (unpaired) electrons. The maximum atomic E-state index is 12.2. The lowest BCUT2D eigenvalue weighted by Crippen LogP contribution is -2.50. The molecule has 0 saturated heterocycles. The van der Waals surface area contributed by atoms with Crippen LogP contribution < -0.4 is 10.6 Å². The summed E-state index contributed by atoms with van der Waals surface area (Å²) in [6.45, 7) is 7.66. The summed E-state index contributed by atoms with van der Waals surface area (Å²) >= 11 is 0. The summed E-state index contributed by atoms with van der Waals surface area (Å²) in [5.41, 5.74) is 0. The topological polar surface area (TPSA) is 91.6 Å². The minimum atomic E-state index is -0.905. The highest BCUT2D eigenvalue weighted by molar-refractivity contribution is 5.87. The molecule has 22 heavy (non-hydrogen) atoms. The fourth-order valence-corrected chi connectivity index (χ4v) is 2.03. The first-order valence-corrected chi connectivity index (χ1v) is 7.59. The van der Waals surface area contributed by atoms with E-state index < -0.39 is 12.1 Å². The van der Waals surface area contributed by atoms with Crippen LogP contribution in [0.1, 0.15) is 46.0 Å². The first-order valence-electron chi connectivity index (χ1n) is 7.59. The van der Waals surface area contributed by atoms with E-state index in [1.54, 1.807) is 12.1 Å². The summed E-state index contributed by atoms with van der Waals surface area (Å²) in [5.74, 6) is 0.131. The zero-order valence-corrected chi connectivity index (χ0v) is 13.6. The summed E-state index contributed by atoms with van der Waals surface area (Å²) < 4.78 is 5.07. The molecule has 0 saturated carbocycles. The van der Waals surface area contributed by atoms with Crippen molar-refractivity contribution in [3.63, 3.8) is 0 Å². The largest absolute Gasteiger partial charge is 0.467 e. The van der Waals surface area contributed by atoms with Gasteiger partial charge in [0.2, 0.25) is 11.8 Å². The lowest BCUT2D eigenvalue weighted by molar-refractivity contribution is -0.130. The third-order valence-electron chi connectivity index (χ3n) is 3.20. The van der Waals surface area contributed by atoms with E-state index in [1.165, 1.54) is 6.26 Å². The molecule has 1 aromatic heterocycles. The molecule has 0 fully saturated rings. The predicted molar refractivity (Wildman–Crippen MR) is 82.9 cm³/mol. The van der Waals surface area contributed by atoms with Crippen molar-refractivity contribution < 1.29 is 19.1 Å². The number of carbonyl (C=O) groups is 2. The number of nitrogens with one attached hydrogen (secondary N) is 2. The van der Waals surface area contributed by atoms with Crippen molar-refractivity contribution in [2.75, 3.05) is 6.54 Å². The molecule has 2 amide bonds. The van der Waals surface area contributed by atoms with Gasteiger partial charge in [0.1, 0.15) is 17.9 Å². The number of aliphatic hydroxyl groups is 1. The molecule has 0 aliphatic heterocycles. The minimum Gasteiger partial charge on any atom is -0.467 e. The van der Waals surface area contributed by atoms with Crippen molar-refractivity contribution >= 4 is 11.8 Å². The number of carbonyl (C=O) groups excluding carboxylic acids is 2. The maximum absolute atomic E-state index is 12.2. The standard InChI is InChI=1S/C16H26N2O4/c1-10(2)8-14(20)18-15(11(3)4)16(21)17-9-12(19)13-6-5-7-22-13/h5-7,10-12,15,19H,8-9H2,1-4H3,(H,17,21)(H,18,20). The predicted octanol–water partition coefficient (Wildman–Crippen LogP) is 1.62. The summed E-state index contributed by atoms with van der Waals surface area (Å²) in [4.78, 5) is 24.1. The number of hydrogen-bond donors (Lipinski definition) is 3. The Balaban J connectivity index is 2.52. The van der Waals surface area contributed by atoms with E-state index in [-0.39, 0.29) is 30.2 Å². The Hall–Kier alpha value is -1.82. The first kappa shape index (κ1) is 18.2. The summed E-state index contributed by atoms with van der Waals surface area (Å²) in [6.07, 6.45) is 0.938. The Kier molecular flexibility index (Phi) is 7.11. The highest BCUT2D eigenvalue weighted by Crippen LogP contribution is 2.12. The fraction of sp³-hybridized carbons (Fsp3) is 0.625. The van der Waals surface area contributed by atoms with Crippen LogP contribution in [0.15, 0.2) is 22.8 Å². The van der Waals surface area contributed by atoms with Crippen molar-refractivity contribution in [1.29, 1.82) is 0 Å². The fourth-order valence-electron chi connectivity index (χ4n) is 2.03. The molecule has 0 aromatic carbocycles. The molecule has 6 nitrogen and oxygen atoms in total. The van der Waals surface area contributed by atoms with Crippen molar-refractivity contribution in [2.24, 2.45) is 11.8 Å². The van der Waals surface area contributed by atoms with Crippen LogP contribution >= 0.6 is 0 Å². The van der Waals surface area contributed by atoms with Crippen molar-refractivity contribution in [3.05, 3.63) is 24.2 Å². The van der Waals surface area contributed by atoms with Gasteiger partial charge < -0.3 is 20.2 Å². The molecule has 124 valence electrons. The highest BCUT2D eigenvalue weighted by atomic mass is 16.4. The second-order valence-electron chi connectivity index (χ2n) is 6.16. The average molecular weight is 310 g/mol. The average Bonchev–Trinajstić information content (AvgIpc) is 2.94. The Morgan fingerprint density at radius 1 is 1.27 bits per heavy atom. The normalized spacial score (nSPS) is 14.0. The van der Waals surface area contributed by atoms with Crippen LogP contribution in [-0.2, 0) is 9.59 Å². The van der Waals surface area contributed by atoms with Crippen LogP contribution in [0, 0.1) is 11.8 Å². The number of aliphatic hydroxyl groups excluding tert-OH is 1. The van der Waals surface area contributed by atoms with E-state index in [0.29, 0.717) is 12.2 Å². The molecule has 0 bridgehead atoms. The van der Waals surface area contributed by atoms with E-state index in [0.717, 1.165) is 0 Å². The molecule has 0 aliphatic rings. The van der Waals surface area contributed by atoms with E-state index in [4.69, 9.17) is 4.42 Å². The molecular weight excluding hydrogens is 284 g/mol. The molecule has 1 heterocycles.